The van der Waals surface area contributed by atoms with Crippen LogP contribution in [0.4, 0.5) is 5.69 Å². The van der Waals surface area contributed by atoms with E-state index in [2.05, 4.69) is 15.5 Å². The number of thiophene rings is 1. The molecule has 1 N–H and O–H groups in total. The van der Waals surface area contributed by atoms with E-state index in [1.165, 1.54) is 11.3 Å². The summed E-state index contributed by atoms with van der Waals surface area (Å²) in [7, 11) is 0. The summed E-state index contributed by atoms with van der Waals surface area (Å²) in [6, 6.07) is 18.1. The second-order valence-electron chi connectivity index (χ2n) is 5.44. The Kier molecular flexibility index (Phi) is 4.51. The van der Waals surface area contributed by atoms with E-state index in [1.54, 1.807) is 30.3 Å². The molecule has 2 aromatic heterocycles. The van der Waals surface area contributed by atoms with Crippen LogP contribution in [0.3, 0.4) is 0 Å². The summed E-state index contributed by atoms with van der Waals surface area (Å²) in [6.07, 6.45) is 0. The summed E-state index contributed by atoms with van der Waals surface area (Å²) in [5.41, 5.74) is 2.29. The molecule has 1 amide bonds. The molecule has 0 radical (unpaired) electrons. The monoisotopic (exact) mass is 381 g/mol. The second kappa shape index (κ2) is 7.11. The van der Waals surface area contributed by atoms with E-state index in [0.717, 1.165) is 11.1 Å². The number of anilines is 1. The summed E-state index contributed by atoms with van der Waals surface area (Å²) in [5.74, 6) is 0.772. The summed E-state index contributed by atoms with van der Waals surface area (Å²) >= 11 is 7.29. The zero-order chi connectivity index (χ0) is 17.9. The van der Waals surface area contributed by atoms with Crippen molar-refractivity contribution < 1.29 is 9.32 Å². The van der Waals surface area contributed by atoms with Crippen LogP contribution in [0.25, 0.3) is 22.8 Å². The third-order valence-corrected chi connectivity index (χ3v) is 4.78. The fourth-order valence-corrected chi connectivity index (χ4v) is 3.10. The molecule has 0 saturated heterocycles. The summed E-state index contributed by atoms with van der Waals surface area (Å²) < 4.78 is 5.34. The fourth-order valence-electron chi connectivity index (χ4n) is 2.35. The topological polar surface area (TPSA) is 68.0 Å². The molecule has 7 heteroatoms. The van der Waals surface area contributed by atoms with Gasteiger partial charge in [-0.15, -0.1) is 11.3 Å². The minimum atomic E-state index is -0.129. The van der Waals surface area contributed by atoms with E-state index in [1.807, 2.05) is 35.7 Å². The van der Waals surface area contributed by atoms with Gasteiger partial charge in [0.05, 0.1) is 4.88 Å². The highest BCUT2D eigenvalue weighted by Crippen LogP contribution is 2.24. The summed E-state index contributed by atoms with van der Waals surface area (Å²) in [6.45, 7) is 0. The van der Waals surface area contributed by atoms with Gasteiger partial charge in [-0.05, 0) is 60.0 Å². The van der Waals surface area contributed by atoms with Gasteiger partial charge in [0.15, 0.2) is 0 Å². The van der Waals surface area contributed by atoms with Gasteiger partial charge >= 0.3 is 0 Å². The molecule has 128 valence electrons. The van der Waals surface area contributed by atoms with Gasteiger partial charge in [0.25, 0.3) is 11.8 Å². The molecule has 2 heterocycles. The predicted octanol–water partition coefficient (Wildman–Crippen LogP) is 5.37. The average Bonchev–Trinajstić information content (AvgIpc) is 3.35. The van der Waals surface area contributed by atoms with Crippen LogP contribution in [-0.2, 0) is 0 Å². The molecular formula is C19H12ClN3O2S. The zero-order valence-corrected chi connectivity index (χ0v) is 14.9. The second-order valence-corrected chi connectivity index (χ2v) is 6.82. The number of aromatic nitrogens is 2. The summed E-state index contributed by atoms with van der Waals surface area (Å²) in [4.78, 5) is 17.1. The minimum absolute atomic E-state index is 0.129. The number of hydrogen-bond acceptors (Lipinski definition) is 5. The van der Waals surface area contributed by atoms with Gasteiger partial charge in [-0.3, -0.25) is 4.79 Å². The lowest BCUT2D eigenvalue weighted by atomic mass is 10.2. The molecule has 4 aromatic rings. The van der Waals surface area contributed by atoms with Crippen molar-refractivity contribution in [2.24, 2.45) is 0 Å². The number of benzene rings is 2. The van der Waals surface area contributed by atoms with Crippen molar-refractivity contribution in [3.05, 3.63) is 75.9 Å². The number of carbonyl (C=O) groups excluding carboxylic acids is 1. The van der Waals surface area contributed by atoms with Crippen LogP contribution in [0.1, 0.15) is 9.67 Å². The fraction of sp³-hybridized carbons (Fsp3) is 0. The van der Waals surface area contributed by atoms with Crippen LogP contribution in [0.2, 0.25) is 5.02 Å². The smallest absolute Gasteiger partial charge is 0.265 e. The van der Waals surface area contributed by atoms with Gasteiger partial charge < -0.3 is 9.84 Å². The average molecular weight is 382 g/mol. The highest BCUT2D eigenvalue weighted by molar-refractivity contribution is 7.12. The molecular weight excluding hydrogens is 370 g/mol. The van der Waals surface area contributed by atoms with Crippen molar-refractivity contribution in [1.82, 2.24) is 10.1 Å². The molecule has 26 heavy (non-hydrogen) atoms. The third-order valence-electron chi connectivity index (χ3n) is 3.66. The lowest BCUT2D eigenvalue weighted by Gasteiger charge is -2.03. The molecule has 0 atom stereocenters. The zero-order valence-electron chi connectivity index (χ0n) is 13.3. The normalized spacial score (nSPS) is 10.7. The minimum Gasteiger partial charge on any atom is -0.334 e. The van der Waals surface area contributed by atoms with Gasteiger partial charge in [0, 0.05) is 21.8 Å². The highest BCUT2D eigenvalue weighted by Gasteiger charge is 2.11. The maximum Gasteiger partial charge on any atom is 0.265 e. The van der Waals surface area contributed by atoms with E-state index in [0.29, 0.717) is 27.3 Å². The molecule has 4 rings (SSSR count). The first-order chi connectivity index (χ1) is 12.7. The van der Waals surface area contributed by atoms with Crippen molar-refractivity contribution in [2.75, 3.05) is 5.32 Å². The van der Waals surface area contributed by atoms with Crippen molar-refractivity contribution in [3.63, 3.8) is 0 Å². The number of carbonyl (C=O) groups is 1. The van der Waals surface area contributed by atoms with Crippen LogP contribution >= 0.6 is 22.9 Å². The quantitative estimate of drug-likeness (QED) is 0.516. The first-order valence-corrected chi connectivity index (χ1v) is 9.00. The van der Waals surface area contributed by atoms with Crippen LogP contribution in [0.5, 0.6) is 0 Å². The standard InChI is InChI=1S/C19H12ClN3O2S/c20-14-7-3-12(4-8-14)17-22-19(25-23-17)13-5-9-15(10-6-13)21-18(24)16-2-1-11-26-16/h1-11H,(H,21,24). The van der Waals surface area contributed by atoms with Gasteiger partial charge in [0.1, 0.15) is 0 Å². The van der Waals surface area contributed by atoms with E-state index >= 15 is 0 Å². The predicted molar refractivity (Wildman–Crippen MR) is 102 cm³/mol. The highest BCUT2D eigenvalue weighted by atomic mass is 35.5. The number of nitrogens with zero attached hydrogens (tertiary/aromatic N) is 2. The molecule has 0 bridgehead atoms. The Morgan fingerprint density at radius 2 is 1.73 bits per heavy atom. The van der Waals surface area contributed by atoms with Gasteiger partial charge in [-0.25, -0.2) is 0 Å². The molecule has 0 aliphatic carbocycles. The summed E-state index contributed by atoms with van der Waals surface area (Å²) in [5, 5.41) is 9.37. The molecule has 0 saturated carbocycles. The SMILES string of the molecule is O=C(Nc1ccc(-c2nc(-c3ccc(Cl)cc3)no2)cc1)c1cccs1. The van der Waals surface area contributed by atoms with E-state index in [9.17, 15) is 4.79 Å². The van der Waals surface area contributed by atoms with Crippen molar-refractivity contribution >= 4 is 34.5 Å². The first kappa shape index (κ1) is 16.5. The van der Waals surface area contributed by atoms with Gasteiger partial charge in [-0.1, -0.05) is 22.8 Å². The molecule has 0 unspecified atom stereocenters. The number of halogens is 1. The molecule has 0 aliphatic rings. The Labute approximate surface area is 158 Å². The van der Waals surface area contributed by atoms with Crippen molar-refractivity contribution in [1.29, 1.82) is 0 Å². The van der Waals surface area contributed by atoms with Crippen LogP contribution in [0.15, 0.2) is 70.6 Å². The van der Waals surface area contributed by atoms with Crippen molar-refractivity contribution in [3.8, 4) is 22.8 Å². The first-order valence-electron chi connectivity index (χ1n) is 7.74. The Morgan fingerprint density at radius 3 is 2.42 bits per heavy atom. The third kappa shape index (κ3) is 3.51. The number of rotatable bonds is 4. The van der Waals surface area contributed by atoms with E-state index in [-0.39, 0.29) is 5.91 Å². The van der Waals surface area contributed by atoms with Gasteiger partial charge in [-0.2, -0.15) is 4.98 Å². The Morgan fingerprint density at radius 1 is 1.00 bits per heavy atom. The Bertz CT molecular complexity index is 1030. The molecule has 0 fully saturated rings. The lowest BCUT2D eigenvalue weighted by Crippen LogP contribution is -2.09. The van der Waals surface area contributed by atoms with Crippen LogP contribution in [-0.4, -0.2) is 16.0 Å². The van der Waals surface area contributed by atoms with Crippen LogP contribution in [0, 0.1) is 0 Å². The number of nitrogens with one attached hydrogen (secondary N) is 1. The number of hydrogen-bond donors (Lipinski definition) is 1. The molecule has 0 spiro atoms. The Hall–Kier alpha value is -2.96. The molecule has 5 nitrogen and oxygen atoms in total. The molecule has 0 aliphatic heterocycles. The lowest BCUT2D eigenvalue weighted by molar-refractivity contribution is 0.103. The largest absolute Gasteiger partial charge is 0.334 e. The molecule has 2 aromatic carbocycles. The maximum atomic E-state index is 12.1. The maximum absolute atomic E-state index is 12.1. The van der Waals surface area contributed by atoms with Crippen LogP contribution < -0.4 is 5.32 Å². The van der Waals surface area contributed by atoms with Crippen molar-refractivity contribution in [2.45, 2.75) is 0 Å². The van der Waals surface area contributed by atoms with E-state index in [4.69, 9.17) is 16.1 Å². The van der Waals surface area contributed by atoms with Gasteiger partial charge in [0.2, 0.25) is 5.82 Å². The van der Waals surface area contributed by atoms with E-state index < -0.39 is 0 Å². The Balaban J connectivity index is 1.50. The number of amides is 1.